The van der Waals surface area contributed by atoms with Gasteiger partial charge in [0.25, 0.3) is 0 Å². The number of benzene rings is 1. The summed E-state index contributed by atoms with van der Waals surface area (Å²) in [7, 11) is 1.86. The summed E-state index contributed by atoms with van der Waals surface area (Å²) in [6, 6.07) is 10.4. The van der Waals surface area contributed by atoms with E-state index in [4.69, 9.17) is 0 Å². The number of amides is 2. The van der Waals surface area contributed by atoms with E-state index in [-0.39, 0.29) is 6.03 Å². The van der Waals surface area contributed by atoms with Crippen molar-refractivity contribution >= 4 is 11.8 Å². The maximum absolute atomic E-state index is 12.5. The predicted molar refractivity (Wildman–Crippen MR) is 99.6 cm³/mol. The first-order valence-corrected chi connectivity index (χ1v) is 8.92. The van der Waals surface area contributed by atoms with Crippen LogP contribution < -0.4 is 5.32 Å². The number of carbonyl (C=O) groups excluding carboxylic acids is 1. The topological polar surface area (TPSA) is 53.4 Å². The summed E-state index contributed by atoms with van der Waals surface area (Å²) in [5.74, 6) is 0.754. The maximum atomic E-state index is 12.5. The average molecular weight is 341 g/mol. The summed E-state index contributed by atoms with van der Waals surface area (Å²) in [4.78, 5) is 16.8. The molecule has 1 saturated heterocycles. The van der Waals surface area contributed by atoms with Crippen molar-refractivity contribution in [3.8, 4) is 0 Å². The number of hydrogen-bond donors (Lipinski definition) is 1. The van der Waals surface area contributed by atoms with E-state index in [0.717, 1.165) is 50.7 Å². The standard InChI is InChI=1S/C19H27N5O/c1-4-17-13-18(22(3)21-17)20-19(25)24-11-9-23(10-12-24)14-16-8-6-5-7-15(16)2/h5-8,13H,4,9-12,14H2,1-3H3,(H,20,25). The van der Waals surface area contributed by atoms with Crippen LogP contribution >= 0.6 is 0 Å². The van der Waals surface area contributed by atoms with Crippen molar-refractivity contribution in [3.63, 3.8) is 0 Å². The minimum Gasteiger partial charge on any atom is -0.322 e. The Morgan fingerprint density at radius 2 is 1.92 bits per heavy atom. The van der Waals surface area contributed by atoms with E-state index in [2.05, 4.69) is 53.4 Å². The highest BCUT2D eigenvalue weighted by Crippen LogP contribution is 2.14. The molecule has 2 aromatic rings. The summed E-state index contributed by atoms with van der Waals surface area (Å²) in [6.45, 7) is 8.44. The van der Waals surface area contributed by atoms with Crippen molar-refractivity contribution in [2.75, 3.05) is 31.5 Å². The largest absolute Gasteiger partial charge is 0.323 e. The van der Waals surface area contributed by atoms with Crippen LogP contribution in [0.15, 0.2) is 30.3 Å². The second-order valence-electron chi connectivity index (χ2n) is 6.62. The normalized spacial score (nSPS) is 15.4. The number of hydrogen-bond acceptors (Lipinski definition) is 3. The van der Waals surface area contributed by atoms with Crippen LogP contribution in [0, 0.1) is 6.92 Å². The van der Waals surface area contributed by atoms with E-state index in [9.17, 15) is 4.79 Å². The van der Waals surface area contributed by atoms with Gasteiger partial charge in [0.1, 0.15) is 5.82 Å². The second-order valence-corrected chi connectivity index (χ2v) is 6.62. The second kappa shape index (κ2) is 7.70. The first kappa shape index (κ1) is 17.5. The quantitative estimate of drug-likeness (QED) is 0.930. The van der Waals surface area contributed by atoms with Gasteiger partial charge in [0.2, 0.25) is 0 Å². The molecule has 0 radical (unpaired) electrons. The fourth-order valence-electron chi connectivity index (χ4n) is 3.14. The summed E-state index contributed by atoms with van der Waals surface area (Å²) >= 11 is 0. The van der Waals surface area contributed by atoms with Crippen LogP contribution in [-0.4, -0.2) is 51.8 Å². The molecule has 0 aliphatic carbocycles. The van der Waals surface area contributed by atoms with Crippen molar-refractivity contribution in [2.24, 2.45) is 7.05 Å². The van der Waals surface area contributed by atoms with E-state index < -0.39 is 0 Å². The van der Waals surface area contributed by atoms with Gasteiger partial charge in [0.05, 0.1) is 5.69 Å². The Labute approximate surface area is 149 Å². The summed E-state index contributed by atoms with van der Waals surface area (Å²) < 4.78 is 1.73. The Morgan fingerprint density at radius 1 is 1.20 bits per heavy atom. The summed E-state index contributed by atoms with van der Waals surface area (Å²) in [5.41, 5.74) is 3.67. The predicted octanol–water partition coefficient (Wildman–Crippen LogP) is 2.64. The zero-order chi connectivity index (χ0) is 17.8. The van der Waals surface area contributed by atoms with Gasteiger partial charge in [-0.05, 0) is 24.5 Å². The van der Waals surface area contributed by atoms with E-state index >= 15 is 0 Å². The van der Waals surface area contributed by atoms with Gasteiger partial charge in [-0.3, -0.25) is 14.9 Å². The lowest BCUT2D eigenvalue weighted by Gasteiger charge is -2.34. The molecule has 0 unspecified atom stereocenters. The molecule has 0 bridgehead atoms. The summed E-state index contributed by atoms with van der Waals surface area (Å²) in [6.07, 6.45) is 0.862. The average Bonchev–Trinajstić information content (AvgIpc) is 2.97. The van der Waals surface area contributed by atoms with Gasteiger partial charge >= 0.3 is 6.03 Å². The molecule has 0 atom stereocenters. The minimum absolute atomic E-state index is 0.0406. The van der Waals surface area contributed by atoms with Crippen LogP contribution in [-0.2, 0) is 20.0 Å². The fraction of sp³-hybridized carbons (Fsp3) is 0.474. The van der Waals surface area contributed by atoms with Gasteiger partial charge in [-0.15, -0.1) is 0 Å². The molecule has 1 aliphatic rings. The number of nitrogens with zero attached hydrogens (tertiary/aromatic N) is 4. The zero-order valence-corrected chi connectivity index (χ0v) is 15.3. The highest BCUT2D eigenvalue weighted by atomic mass is 16.2. The van der Waals surface area contributed by atoms with Gasteiger partial charge in [-0.25, -0.2) is 4.79 Å². The molecule has 1 aromatic carbocycles. The fourth-order valence-corrected chi connectivity index (χ4v) is 3.14. The Hall–Kier alpha value is -2.34. The molecule has 1 aliphatic heterocycles. The molecule has 2 heterocycles. The van der Waals surface area contributed by atoms with Gasteiger partial charge in [0.15, 0.2) is 0 Å². The molecule has 3 rings (SSSR count). The number of rotatable bonds is 4. The first-order valence-electron chi connectivity index (χ1n) is 8.92. The molecule has 6 heteroatoms. The van der Waals surface area contributed by atoms with Crippen molar-refractivity contribution < 1.29 is 4.79 Å². The van der Waals surface area contributed by atoms with E-state index in [1.165, 1.54) is 11.1 Å². The SMILES string of the molecule is CCc1cc(NC(=O)N2CCN(Cc3ccccc3C)CC2)n(C)n1. The van der Waals surface area contributed by atoms with Crippen LogP contribution in [0.2, 0.25) is 0 Å². The van der Waals surface area contributed by atoms with Gasteiger partial charge in [0, 0.05) is 45.8 Å². The number of urea groups is 1. The van der Waals surface area contributed by atoms with Crippen molar-refractivity contribution in [1.82, 2.24) is 19.6 Å². The minimum atomic E-state index is -0.0406. The molecule has 25 heavy (non-hydrogen) atoms. The number of anilines is 1. The smallest absolute Gasteiger partial charge is 0.322 e. The third kappa shape index (κ3) is 4.20. The van der Waals surface area contributed by atoms with Crippen LogP contribution in [0.3, 0.4) is 0 Å². The number of aryl methyl sites for hydroxylation is 3. The van der Waals surface area contributed by atoms with Gasteiger partial charge < -0.3 is 4.90 Å². The van der Waals surface area contributed by atoms with Gasteiger partial charge in [-0.1, -0.05) is 31.2 Å². The maximum Gasteiger partial charge on any atom is 0.323 e. The monoisotopic (exact) mass is 341 g/mol. The molecule has 1 fully saturated rings. The van der Waals surface area contributed by atoms with Crippen LogP contribution in [0.1, 0.15) is 23.7 Å². The molecular weight excluding hydrogens is 314 g/mol. The zero-order valence-electron chi connectivity index (χ0n) is 15.3. The third-order valence-corrected chi connectivity index (χ3v) is 4.84. The third-order valence-electron chi connectivity index (χ3n) is 4.84. The lowest BCUT2D eigenvalue weighted by molar-refractivity contribution is 0.142. The molecule has 0 saturated carbocycles. The Kier molecular flexibility index (Phi) is 5.38. The van der Waals surface area contributed by atoms with Crippen molar-refractivity contribution in [2.45, 2.75) is 26.8 Å². The van der Waals surface area contributed by atoms with Crippen molar-refractivity contribution in [1.29, 1.82) is 0 Å². The Morgan fingerprint density at radius 3 is 2.56 bits per heavy atom. The van der Waals surface area contributed by atoms with E-state index in [1.54, 1.807) is 4.68 Å². The van der Waals surface area contributed by atoms with Crippen molar-refractivity contribution in [3.05, 3.63) is 47.2 Å². The molecule has 1 aromatic heterocycles. The van der Waals surface area contributed by atoms with E-state index in [1.807, 2.05) is 18.0 Å². The molecule has 134 valence electrons. The molecular formula is C19H27N5O. The lowest BCUT2D eigenvalue weighted by atomic mass is 10.1. The summed E-state index contributed by atoms with van der Waals surface area (Å²) in [5, 5.41) is 7.35. The highest BCUT2D eigenvalue weighted by molar-refractivity contribution is 5.88. The van der Waals surface area contributed by atoms with Crippen LogP contribution in [0.4, 0.5) is 10.6 Å². The Bertz CT molecular complexity index is 731. The van der Waals surface area contributed by atoms with Gasteiger partial charge in [-0.2, -0.15) is 5.10 Å². The van der Waals surface area contributed by atoms with Crippen LogP contribution in [0.5, 0.6) is 0 Å². The molecule has 6 nitrogen and oxygen atoms in total. The highest BCUT2D eigenvalue weighted by Gasteiger charge is 2.22. The molecule has 2 amide bonds. The number of nitrogens with one attached hydrogen (secondary N) is 1. The lowest BCUT2D eigenvalue weighted by Crippen LogP contribution is -2.49. The van der Waals surface area contributed by atoms with Crippen LogP contribution in [0.25, 0.3) is 0 Å². The number of piperazine rings is 1. The molecule has 1 N–H and O–H groups in total. The first-order chi connectivity index (χ1) is 12.1. The van der Waals surface area contributed by atoms with E-state index in [0.29, 0.717) is 0 Å². The number of aromatic nitrogens is 2. The number of carbonyl (C=O) groups is 1. The molecule has 0 spiro atoms. The Balaban J connectivity index is 1.52.